The van der Waals surface area contributed by atoms with Crippen molar-refractivity contribution in [1.82, 2.24) is 0 Å². The number of carbonyl (C=O) groups is 1. The maximum absolute atomic E-state index is 11.7. The molecule has 0 unspecified atom stereocenters. The molecule has 0 heterocycles. The Morgan fingerprint density at radius 2 is 2.05 bits per heavy atom. The van der Waals surface area contributed by atoms with Crippen LogP contribution in [0.5, 0.6) is 0 Å². The Morgan fingerprint density at radius 1 is 1.26 bits per heavy atom. The largest absolute Gasteiger partial charge is 0.462 e. The fourth-order valence-electron chi connectivity index (χ4n) is 1.84. The molecule has 0 saturated heterocycles. The number of unbranched alkanes of at least 4 members (excludes halogenated alkanes) is 3. The SMILES string of the molecule is CCCCCCNc1ccc(N)c(C(=O)OCC)c1. The van der Waals surface area contributed by atoms with E-state index in [4.69, 9.17) is 10.5 Å². The lowest BCUT2D eigenvalue weighted by molar-refractivity contribution is 0.0527. The number of esters is 1. The summed E-state index contributed by atoms with van der Waals surface area (Å²) in [6, 6.07) is 5.38. The van der Waals surface area contributed by atoms with Gasteiger partial charge in [0.1, 0.15) is 0 Å². The first-order valence-corrected chi connectivity index (χ1v) is 6.99. The smallest absolute Gasteiger partial charge is 0.340 e. The molecule has 0 atom stereocenters. The van der Waals surface area contributed by atoms with Gasteiger partial charge in [0.25, 0.3) is 0 Å². The van der Waals surface area contributed by atoms with Gasteiger partial charge in [0.05, 0.1) is 12.2 Å². The highest BCUT2D eigenvalue weighted by atomic mass is 16.5. The summed E-state index contributed by atoms with van der Waals surface area (Å²) in [6.07, 6.45) is 4.85. The Balaban J connectivity index is 2.55. The average Bonchev–Trinajstić information content (AvgIpc) is 2.40. The summed E-state index contributed by atoms with van der Waals surface area (Å²) in [7, 11) is 0. The van der Waals surface area contributed by atoms with Crippen molar-refractivity contribution in [2.75, 3.05) is 24.2 Å². The molecule has 0 aliphatic heterocycles. The molecule has 0 aliphatic carbocycles. The summed E-state index contributed by atoms with van der Waals surface area (Å²) in [4.78, 5) is 11.7. The number of nitrogens with two attached hydrogens (primary N) is 1. The summed E-state index contributed by atoms with van der Waals surface area (Å²) in [5.41, 5.74) is 7.58. The number of anilines is 2. The van der Waals surface area contributed by atoms with Gasteiger partial charge in [-0.1, -0.05) is 26.2 Å². The lowest BCUT2D eigenvalue weighted by Crippen LogP contribution is -2.09. The van der Waals surface area contributed by atoms with Crippen LogP contribution < -0.4 is 11.1 Å². The summed E-state index contributed by atoms with van der Waals surface area (Å²) in [5.74, 6) is -0.366. The average molecular weight is 264 g/mol. The van der Waals surface area contributed by atoms with Crippen LogP contribution in [0.4, 0.5) is 11.4 Å². The van der Waals surface area contributed by atoms with Gasteiger partial charge in [-0.05, 0) is 31.5 Å². The van der Waals surface area contributed by atoms with Crippen molar-refractivity contribution in [2.45, 2.75) is 39.5 Å². The molecule has 4 nitrogen and oxygen atoms in total. The molecule has 0 spiro atoms. The highest BCUT2D eigenvalue weighted by molar-refractivity contribution is 5.96. The second-order valence-electron chi connectivity index (χ2n) is 4.51. The molecule has 0 aromatic heterocycles. The summed E-state index contributed by atoms with van der Waals surface area (Å²) in [6.45, 7) is 5.24. The normalized spacial score (nSPS) is 10.2. The van der Waals surface area contributed by atoms with Crippen LogP contribution in [0.15, 0.2) is 18.2 Å². The second kappa shape index (κ2) is 8.40. The zero-order valence-electron chi connectivity index (χ0n) is 11.9. The molecule has 0 saturated carbocycles. The quantitative estimate of drug-likeness (QED) is 0.429. The van der Waals surface area contributed by atoms with Crippen LogP contribution >= 0.6 is 0 Å². The minimum Gasteiger partial charge on any atom is -0.462 e. The standard InChI is InChI=1S/C15H24N2O2/c1-3-5-6-7-10-17-12-8-9-14(16)13(11-12)15(18)19-4-2/h8-9,11,17H,3-7,10,16H2,1-2H3. The third kappa shape index (κ3) is 5.20. The van der Waals surface area contributed by atoms with Crippen LogP contribution in [0, 0.1) is 0 Å². The lowest BCUT2D eigenvalue weighted by Gasteiger charge is -2.10. The van der Waals surface area contributed by atoms with Gasteiger partial charge in [-0.3, -0.25) is 0 Å². The number of nitrogens with one attached hydrogen (secondary N) is 1. The Bertz CT molecular complexity index is 405. The molecular weight excluding hydrogens is 240 g/mol. The second-order valence-corrected chi connectivity index (χ2v) is 4.51. The van der Waals surface area contributed by atoms with E-state index in [1.54, 1.807) is 19.1 Å². The van der Waals surface area contributed by atoms with Gasteiger partial charge in [0.15, 0.2) is 0 Å². The minimum atomic E-state index is -0.366. The fourth-order valence-corrected chi connectivity index (χ4v) is 1.84. The van der Waals surface area contributed by atoms with E-state index in [0.29, 0.717) is 17.9 Å². The van der Waals surface area contributed by atoms with Gasteiger partial charge >= 0.3 is 5.97 Å². The predicted molar refractivity (Wildman–Crippen MR) is 79.4 cm³/mol. The van der Waals surface area contributed by atoms with Crippen molar-refractivity contribution in [1.29, 1.82) is 0 Å². The number of ether oxygens (including phenoxy) is 1. The minimum absolute atomic E-state index is 0.354. The zero-order chi connectivity index (χ0) is 14.1. The Morgan fingerprint density at radius 3 is 2.74 bits per heavy atom. The maximum Gasteiger partial charge on any atom is 0.340 e. The first-order valence-electron chi connectivity index (χ1n) is 6.99. The first kappa shape index (κ1) is 15.3. The number of rotatable bonds is 8. The van der Waals surface area contributed by atoms with Crippen LogP contribution in [0.25, 0.3) is 0 Å². The van der Waals surface area contributed by atoms with Gasteiger partial charge in [0, 0.05) is 17.9 Å². The van der Waals surface area contributed by atoms with E-state index >= 15 is 0 Å². The number of nitrogen functional groups attached to an aromatic ring is 1. The van der Waals surface area contributed by atoms with Crippen molar-refractivity contribution in [3.05, 3.63) is 23.8 Å². The molecule has 3 N–H and O–H groups in total. The molecule has 4 heteroatoms. The van der Waals surface area contributed by atoms with Gasteiger partial charge in [-0.2, -0.15) is 0 Å². The lowest BCUT2D eigenvalue weighted by atomic mass is 10.1. The molecule has 1 rings (SSSR count). The van der Waals surface area contributed by atoms with Crippen LogP contribution in [-0.2, 0) is 4.74 Å². The number of carbonyl (C=O) groups excluding carboxylic acids is 1. The maximum atomic E-state index is 11.7. The van der Waals surface area contributed by atoms with E-state index in [2.05, 4.69) is 12.2 Å². The molecule has 19 heavy (non-hydrogen) atoms. The number of hydrogen-bond donors (Lipinski definition) is 2. The van der Waals surface area contributed by atoms with Crippen molar-refractivity contribution in [3.8, 4) is 0 Å². The van der Waals surface area contributed by atoms with Crippen LogP contribution in [0.3, 0.4) is 0 Å². The first-order chi connectivity index (χ1) is 9.19. The van der Waals surface area contributed by atoms with E-state index in [1.165, 1.54) is 19.3 Å². The zero-order valence-corrected chi connectivity index (χ0v) is 11.9. The van der Waals surface area contributed by atoms with E-state index in [1.807, 2.05) is 6.07 Å². The number of benzene rings is 1. The topological polar surface area (TPSA) is 64.3 Å². The molecule has 0 bridgehead atoms. The van der Waals surface area contributed by atoms with Gasteiger partial charge in [-0.25, -0.2) is 4.79 Å². The van der Waals surface area contributed by atoms with E-state index in [9.17, 15) is 4.79 Å². The molecule has 0 aliphatic rings. The van der Waals surface area contributed by atoms with Gasteiger partial charge in [0.2, 0.25) is 0 Å². The van der Waals surface area contributed by atoms with Gasteiger partial charge < -0.3 is 15.8 Å². The highest BCUT2D eigenvalue weighted by Gasteiger charge is 2.11. The third-order valence-corrected chi connectivity index (χ3v) is 2.91. The Labute approximate surface area is 115 Å². The summed E-state index contributed by atoms with van der Waals surface area (Å²) >= 11 is 0. The molecule has 106 valence electrons. The monoisotopic (exact) mass is 264 g/mol. The van der Waals surface area contributed by atoms with E-state index < -0.39 is 0 Å². The Kier molecular flexibility index (Phi) is 6.79. The fraction of sp³-hybridized carbons (Fsp3) is 0.533. The molecule has 0 fully saturated rings. The van der Waals surface area contributed by atoms with Crippen molar-refractivity contribution >= 4 is 17.3 Å². The molecule has 0 radical (unpaired) electrons. The van der Waals surface area contributed by atoms with E-state index in [-0.39, 0.29) is 5.97 Å². The van der Waals surface area contributed by atoms with Crippen LogP contribution in [0.1, 0.15) is 49.9 Å². The van der Waals surface area contributed by atoms with E-state index in [0.717, 1.165) is 18.7 Å². The summed E-state index contributed by atoms with van der Waals surface area (Å²) < 4.78 is 4.97. The molecule has 1 aromatic rings. The highest BCUT2D eigenvalue weighted by Crippen LogP contribution is 2.19. The third-order valence-electron chi connectivity index (χ3n) is 2.91. The molecule has 1 aromatic carbocycles. The predicted octanol–water partition coefficient (Wildman–Crippen LogP) is 3.44. The number of hydrogen-bond acceptors (Lipinski definition) is 4. The van der Waals surface area contributed by atoms with Crippen LogP contribution in [0.2, 0.25) is 0 Å². The molecule has 0 amide bonds. The van der Waals surface area contributed by atoms with Gasteiger partial charge in [-0.15, -0.1) is 0 Å². The van der Waals surface area contributed by atoms with Crippen molar-refractivity contribution in [3.63, 3.8) is 0 Å². The van der Waals surface area contributed by atoms with Crippen molar-refractivity contribution in [2.24, 2.45) is 0 Å². The Hall–Kier alpha value is -1.71. The van der Waals surface area contributed by atoms with Crippen LogP contribution in [-0.4, -0.2) is 19.1 Å². The molecular formula is C15H24N2O2. The van der Waals surface area contributed by atoms with Crippen molar-refractivity contribution < 1.29 is 9.53 Å². The summed E-state index contributed by atoms with van der Waals surface area (Å²) in [5, 5.41) is 3.30.